The van der Waals surface area contributed by atoms with Crippen molar-refractivity contribution >= 4 is 20.1 Å². The Morgan fingerprint density at radius 3 is 1.94 bits per heavy atom. The molecule has 0 aliphatic heterocycles. The van der Waals surface area contributed by atoms with Crippen molar-refractivity contribution in [3.63, 3.8) is 0 Å². The topological polar surface area (TPSA) is 171 Å². The third kappa shape index (κ3) is 6.02. The molecule has 1 rings (SSSR count). The summed E-state index contributed by atoms with van der Waals surface area (Å²) in [6.45, 7) is 0. The Balaban J connectivity index is 0.000000631. The van der Waals surface area contributed by atoms with Gasteiger partial charge in [-0.3, -0.25) is 10.2 Å². The van der Waals surface area contributed by atoms with Gasteiger partial charge in [-0.1, -0.05) is 24.3 Å². The molecule has 0 saturated heterocycles. The van der Waals surface area contributed by atoms with Crippen LogP contribution in [-0.2, 0) is 9.36 Å². The van der Waals surface area contributed by atoms with E-state index < -0.39 is 20.3 Å². The Bertz CT molecular complexity index is 444. The summed E-state index contributed by atoms with van der Waals surface area (Å²) in [5.74, 6) is -1.14. The number of nitrogen functional groups attached to an aromatic ring is 1. The van der Waals surface area contributed by atoms with E-state index in [0.717, 1.165) is 0 Å². The SMILES string of the molecule is N=C(N)c1ccc(C(N)C(=O)O)cc1.O=[P+](O)O. The quantitative estimate of drug-likeness (QED) is 0.249. The van der Waals surface area contributed by atoms with E-state index in [4.69, 9.17) is 36.3 Å². The minimum Gasteiger partial charge on any atom is -0.480 e. The van der Waals surface area contributed by atoms with Crippen molar-refractivity contribution in [1.29, 1.82) is 5.41 Å². The number of hydrogen-bond donors (Lipinski definition) is 6. The molecule has 98 valence electrons. The molecule has 1 atom stereocenters. The van der Waals surface area contributed by atoms with Gasteiger partial charge in [-0.15, -0.1) is 9.79 Å². The van der Waals surface area contributed by atoms with E-state index in [1.165, 1.54) is 0 Å². The summed E-state index contributed by atoms with van der Waals surface area (Å²) in [5, 5.41) is 15.7. The molecule has 0 saturated carbocycles. The van der Waals surface area contributed by atoms with Gasteiger partial charge in [0.2, 0.25) is 0 Å². The fraction of sp³-hybridized carbons (Fsp3) is 0.111. The second-order valence-electron chi connectivity index (χ2n) is 3.10. The molecule has 0 aromatic heterocycles. The second kappa shape index (κ2) is 7.46. The van der Waals surface area contributed by atoms with Crippen LogP contribution in [-0.4, -0.2) is 26.7 Å². The van der Waals surface area contributed by atoms with Gasteiger partial charge < -0.3 is 16.6 Å². The van der Waals surface area contributed by atoms with Gasteiger partial charge in [0.15, 0.2) is 0 Å². The molecule has 18 heavy (non-hydrogen) atoms. The second-order valence-corrected chi connectivity index (χ2v) is 3.61. The summed E-state index contributed by atoms with van der Waals surface area (Å²) in [5.41, 5.74) is 11.7. The predicted octanol–water partition coefficient (Wildman–Crippen LogP) is -0.317. The first-order valence-electron chi connectivity index (χ1n) is 4.53. The van der Waals surface area contributed by atoms with Crippen LogP contribution in [0.4, 0.5) is 0 Å². The zero-order valence-electron chi connectivity index (χ0n) is 9.15. The third-order valence-electron chi connectivity index (χ3n) is 1.85. The summed E-state index contributed by atoms with van der Waals surface area (Å²) in [4.78, 5) is 24.8. The molecule has 1 aromatic rings. The van der Waals surface area contributed by atoms with Crippen LogP contribution in [0.1, 0.15) is 17.2 Å². The summed E-state index contributed by atoms with van der Waals surface area (Å²) >= 11 is 0. The van der Waals surface area contributed by atoms with Crippen molar-refractivity contribution < 1.29 is 24.3 Å². The van der Waals surface area contributed by atoms with Crippen LogP contribution in [0.3, 0.4) is 0 Å². The van der Waals surface area contributed by atoms with Gasteiger partial charge in [0.1, 0.15) is 11.9 Å². The summed E-state index contributed by atoms with van der Waals surface area (Å²) in [7, 11) is -2.87. The smallest absolute Gasteiger partial charge is 0.480 e. The van der Waals surface area contributed by atoms with Crippen LogP contribution < -0.4 is 11.5 Å². The number of aliphatic carboxylic acids is 1. The average molecular weight is 274 g/mol. The van der Waals surface area contributed by atoms with E-state index in [-0.39, 0.29) is 5.84 Å². The van der Waals surface area contributed by atoms with E-state index in [2.05, 4.69) is 0 Å². The lowest BCUT2D eigenvalue weighted by molar-refractivity contribution is -0.138. The van der Waals surface area contributed by atoms with Gasteiger partial charge in [0, 0.05) is 10.1 Å². The molecule has 0 bridgehead atoms. The zero-order valence-corrected chi connectivity index (χ0v) is 10.0. The molecule has 0 heterocycles. The molecule has 8 N–H and O–H groups in total. The molecular formula is C9H13N3O5P+. The van der Waals surface area contributed by atoms with E-state index >= 15 is 0 Å². The minimum atomic E-state index is -2.87. The number of carboxylic acid groups (broad SMARTS) is 1. The number of rotatable bonds is 3. The number of benzene rings is 1. The van der Waals surface area contributed by atoms with Crippen LogP contribution in [0.25, 0.3) is 0 Å². The molecule has 0 radical (unpaired) electrons. The lowest BCUT2D eigenvalue weighted by Crippen LogP contribution is -2.20. The van der Waals surface area contributed by atoms with Gasteiger partial charge in [-0.2, -0.15) is 0 Å². The molecule has 0 aliphatic carbocycles. The Hall–Kier alpha value is -1.86. The van der Waals surface area contributed by atoms with Crippen molar-refractivity contribution in [3.05, 3.63) is 35.4 Å². The number of nitrogens with one attached hydrogen (secondary N) is 1. The monoisotopic (exact) mass is 274 g/mol. The maximum atomic E-state index is 10.5. The van der Waals surface area contributed by atoms with Crippen LogP contribution in [0.15, 0.2) is 24.3 Å². The van der Waals surface area contributed by atoms with Crippen LogP contribution in [0.5, 0.6) is 0 Å². The number of carbonyl (C=O) groups is 1. The highest BCUT2D eigenvalue weighted by Gasteiger charge is 2.13. The molecule has 0 spiro atoms. The van der Waals surface area contributed by atoms with E-state index in [0.29, 0.717) is 11.1 Å². The number of carboxylic acids is 1. The summed E-state index contributed by atoms with van der Waals surface area (Å²) in [6.07, 6.45) is 0. The van der Waals surface area contributed by atoms with E-state index in [1.54, 1.807) is 24.3 Å². The van der Waals surface area contributed by atoms with Gasteiger partial charge >= 0.3 is 14.2 Å². The first-order valence-corrected chi connectivity index (χ1v) is 5.70. The highest BCUT2D eigenvalue weighted by Crippen LogP contribution is 2.11. The number of amidine groups is 1. The first kappa shape index (κ1) is 16.1. The highest BCUT2D eigenvalue weighted by atomic mass is 31.1. The Labute approximate surface area is 103 Å². The number of hydrogen-bond acceptors (Lipinski definition) is 4. The number of nitrogens with two attached hydrogens (primary N) is 2. The highest BCUT2D eigenvalue weighted by molar-refractivity contribution is 7.30. The Kier molecular flexibility index (Phi) is 6.69. The Morgan fingerprint density at radius 2 is 1.67 bits per heavy atom. The molecule has 0 fully saturated rings. The lowest BCUT2D eigenvalue weighted by Gasteiger charge is -2.06. The third-order valence-corrected chi connectivity index (χ3v) is 1.85. The fourth-order valence-electron chi connectivity index (χ4n) is 1.01. The molecule has 1 unspecified atom stereocenters. The van der Waals surface area contributed by atoms with Gasteiger partial charge in [-0.25, -0.2) is 0 Å². The van der Waals surface area contributed by atoms with Crippen molar-refractivity contribution in [2.24, 2.45) is 11.5 Å². The lowest BCUT2D eigenvalue weighted by atomic mass is 10.1. The normalized spacial score (nSPS) is 10.8. The van der Waals surface area contributed by atoms with Gasteiger partial charge in [0.05, 0.1) is 0 Å². The molecule has 1 aromatic carbocycles. The summed E-state index contributed by atoms with van der Waals surface area (Å²) in [6, 6.07) is 5.21. The van der Waals surface area contributed by atoms with Gasteiger partial charge in [-0.05, 0) is 5.56 Å². The zero-order chi connectivity index (χ0) is 14.3. The van der Waals surface area contributed by atoms with E-state index in [9.17, 15) is 4.79 Å². The molecule has 0 aliphatic rings. The fourth-order valence-corrected chi connectivity index (χ4v) is 1.01. The average Bonchev–Trinajstić information content (AvgIpc) is 2.27. The van der Waals surface area contributed by atoms with Gasteiger partial charge in [0.25, 0.3) is 0 Å². The van der Waals surface area contributed by atoms with Crippen LogP contribution in [0, 0.1) is 5.41 Å². The van der Waals surface area contributed by atoms with Crippen molar-refractivity contribution in [2.45, 2.75) is 6.04 Å². The molecular weight excluding hydrogens is 261 g/mol. The largest absolute Gasteiger partial charge is 0.692 e. The Morgan fingerprint density at radius 1 is 1.28 bits per heavy atom. The maximum Gasteiger partial charge on any atom is 0.692 e. The predicted molar refractivity (Wildman–Crippen MR) is 64.1 cm³/mol. The summed E-state index contributed by atoms with van der Waals surface area (Å²) < 4.78 is 8.70. The van der Waals surface area contributed by atoms with Crippen molar-refractivity contribution in [1.82, 2.24) is 0 Å². The first-order chi connectivity index (χ1) is 8.25. The molecule has 9 heteroatoms. The minimum absolute atomic E-state index is 0.0551. The standard InChI is InChI=1S/C9H11N3O2.HO3P/c10-7(9(13)14)5-1-3-6(4-2-5)8(11)12;1-4(2)3/h1-4,7H,10H2,(H3,11,12)(H,13,14);(H-,1,2,3)/p+1. The van der Waals surface area contributed by atoms with Crippen LogP contribution in [0.2, 0.25) is 0 Å². The van der Waals surface area contributed by atoms with Crippen molar-refractivity contribution in [3.8, 4) is 0 Å². The molecule has 0 amide bonds. The van der Waals surface area contributed by atoms with Crippen LogP contribution >= 0.6 is 8.25 Å². The maximum absolute atomic E-state index is 10.5. The molecule has 8 nitrogen and oxygen atoms in total. The van der Waals surface area contributed by atoms with E-state index in [1.807, 2.05) is 0 Å². The van der Waals surface area contributed by atoms with Crippen molar-refractivity contribution in [2.75, 3.05) is 0 Å².